The minimum atomic E-state index is -2.72. The Bertz CT molecular complexity index is 231. The first kappa shape index (κ1) is 7.95. The van der Waals surface area contributed by atoms with E-state index in [4.69, 9.17) is 0 Å². The number of halogens is 2. The van der Waals surface area contributed by atoms with Crippen LogP contribution in [0.25, 0.3) is 0 Å². The van der Waals surface area contributed by atoms with Crippen LogP contribution in [0.3, 0.4) is 0 Å². The normalized spacial score (nSPS) is 33.1. The molecule has 0 aromatic rings. The minimum absolute atomic E-state index is 0.432. The van der Waals surface area contributed by atoms with E-state index in [1.54, 1.807) is 6.92 Å². The van der Waals surface area contributed by atoms with Crippen molar-refractivity contribution in [1.82, 2.24) is 5.32 Å². The molecule has 0 aromatic carbocycles. The largest absolute Gasteiger partial charge is 0.356 e. The number of nitrogens with one attached hydrogen (secondary N) is 1. The Labute approximate surface area is 69.3 Å². The molecule has 0 aromatic heterocycles. The Morgan fingerprint density at radius 1 is 1.58 bits per heavy atom. The fraction of sp³-hybridized carbons (Fsp3) is 0.875. The van der Waals surface area contributed by atoms with E-state index in [-0.39, 0.29) is 0 Å². The molecule has 2 rings (SSSR count). The van der Waals surface area contributed by atoms with Crippen LogP contribution in [0.4, 0.5) is 8.78 Å². The molecule has 4 heteroatoms. The van der Waals surface area contributed by atoms with Gasteiger partial charge in [-0.1, -0.05) is 0 Å². The van der Waals surface area contributed by atoms with Gasteiger partial charge in [-0.2, -0.15) is 0 Å². The van der Waals surface area contributed by atoms with E-state index in [0.29, 0.717) is 19.4 Å². The zero-order valence-corrected chi connectivity index (χ0v) is 6.86. The van der Waals surface area contributed by atoms with Crippen LogP contribution in [-0.2, 0) is 4.79 Å². The maximum Gasteiger partial charge on any atom is 0.266 e. The highest BCUT2D eigenvalue weighted by Crippen LogP contribution is 2.79. The average Bonchev–Trinajstić information content (AvgIpc) is 2.76. The van der Waals surface area contributed by atoms with Crippen molar-refractivity contribution in [3.63, 3.8) is 0 Å². The van der Waals surface area contributed by atoms with E-state index in [1.165, 1.54) is 0 Å². The van der Waals surface area contributed by atoms with Gasteiger partial charge in [0.05, 0.1) is 5.41 Å². The first-order chi connectivity index (χ1) is 5.56. The fourth-order valence-corrected chi connectivity index (χ4v) is 1.96. The van der Waals surface area contributed by atoms with Crippen LogP contribution in [0.5, 0.6) is 0 Å². The standard InChI is InChI=1S/C8H11F2NO/c1-2-11-6(12)5-7(3-4-7)8(5,9)10/h5H,2-4H2,1H3,(H,11,12). The molecule has 0 radical (unpaired) electrons. The predicted molar refractivity (Wildman–Crippen MR) is 38.8 cm³/mol. The smallest absolute Gasteiger partial charge is 0.266 e. The summed E-state index contributed by atoms with van der Waals surface area (Å²) in [4.78, 5) is 11.1. The van der Waals surface area contributed by atoms with Crippen molar-refractivity contribution < 1.29 is 13.6 Å². The summed E-state index contributed by atoms with van der Waals surface area (Å²) >= 11 is 0. The topological polar surface area (TPSA) is 29.1 Å². The Hall–Kier alpha value is -0.670. The molecule has 0 bridgehead atoms. The quantitative estimate of drug-likeness (QED) is 0.670. The van der Waals surface area contributed by atoms with Crippen molar-refractivity contribution in [3.05, 3.63) is 0 Å². The van der Waals surface area contributed by atoms with E-state index in [2.05, 4.69) is 5.32 Å². The third kappa shape index (κ3) is 0.704. The zero-order chi connectivity index (χ0) is 8.98. The summed E-state index contributed by atoms with van der Waals surface area (Å²) in [5.41, 5.74) is -0.910. The van der Waals surface area contributed by atoms with Crippen LogP contribution in [0.1, 0.15) is 19.8 Å². The third-order valence-corrected chi connectivity index (χ3v) is 2.90. The maximum absolute atomic E-state index is 12.9. The lowest BCUT2D eigenvalue weighted by molar-refractivity contribution is -0.124. The lowest BCUT2D eigenvalue weighted by Gasteiger charge is -1.98. The summed E-state index contributed by atoms with van der Waals surface area (Å²) in [6.45, 7) is 2.17. The molecule has 1 N–H and O–H groups in total. The minimum Gasteiger partial charge on any atom is -0.356 e. The number of carbonyl (C=O) groups excluding carboxylic acids is 1. The number of rotatable bonds is 2. The highest BCUT2D eigenvalue weighted by atomic mass is 19.3. The molecule has 2 aliphatic rings. The summed E-state index contributed by atoms with van der Waals surface area (Å²) in [5, 5.41) is 2.44. The molecular weight excluding hydrogens is 164 g/mol. The van der Waals surface area contributed by atoms with E-state index in [9.17, 15) is 13.6 Å². The molecule has 0 heterocycles. The summed E-state index contributed by atoms with van der Waals surface area (Å²) < 4.78 is 25.9. The molecule has 2 nitrogen and oxygen atoms in total. The molecule has 12 heavy (non-hydrogen) atoms. The predicted octanol–water partition coefficient (Wildman–Crippen LogP) is 1.17. The molecule has 68 valence electrons. The number of hydrogen-bond donors (Lipinski definition) is 1. The third-order valence-electron chi connectivity index (χ3n) is 2.90. The average molecular weight is 175 g/mol. The number of carbonyl (C=O) groups is 1. The number of alkyl halides is 2. The van der Waals surface area contributed by atoms with Crippen LogP contribution in [0.15, 0.2) is 0 Å². The Morgan fingerprint density at radius 3 is 2.50 bits per heavy atom. The fourth-order valence-electron chi connectivity index (χ4n) is 1.96. The van der Waals surface area contributed by atoms with Crippen LogP contribution in [0.2, 0.25) is 0 Å². The van der Waals surface area contributed by atoms with Gasteiger partial charge in [-0.25, -0.2) is 8.78 Å². The first-order valence-electron chi connectivity index (χ1n) is 4.22. The second kappa shape index (κ2) is 1.98. The van der Waals surface area contributed by atoms with Gasteiger partial charge in [-0.15, -0.1) is 0 Å². The van der Waals surface area contributed by atoms with Crippen LogP contribution >= 0.6 is 0 Å². The number of hydrogen-bond acceptors (Lipinski definition) is 1. The second-order valence-corrected chi connectivity index (χ2v) is 3.61. The molecule has 1 unspecified atom stereocenters. The summed E-state index contributed by atoms with van der Waals surface area (Å²) in [5.74, 6) is -4.21. The monoisotopic (exact) mass is 175 g/mol. The highest BCUT2D eigenvalue weighted by Gasteiger charge is 2.88. The van der Waals surface area contributed by atoms with Gasteiger partial charge in [-0.05, 0) is 19.8 Å². The summed E-state index contributed by atoms with van der Waals surface area (Å²) in [6, 6.07) is 0. The maximum atomic E-state index is 12.9. The van der Waals surface area contributed by atoms with Gasteiger partial charge in [0, 0.05) is 6.54 Å². The molecule has 1 spiro atoms. The van der Waals surface area contributed by atoms with Gasteiger partial charge in [0.1, 0.15) is 5.92 Å². The number of amides is 1. The summed E-state index contributed by atoms with van der Waals surface area (Å²) in [7, 11) is 0. The Kier molecular flexibility index (Phi) is 1.31. The van der Waals surface area contributed by atoms with Crippen LogP contribution < -0.4 is 5.32 Å². The van der Waals surface area contributed by atoms with Crippen molar-refractivity contribution in [2.75, 3.05) is 6.54 Å². The molecule has 1 atom stereocenters. The van der Waals surface area contributed by atoms with Gasteiger partial charge in [0.25, 0.3) is 5.92 Å². The van der Waals surface area contributed by atoms with Crippen molar-refractivity contribution in [3.8, 4) is 0 Å². The van der Waals surface area contributed by atoms with E-state index in [0.717, 1.165) is 0 Å². The lowest BCUT2D eigenvalue weighted by atomic mass is 10.3. The van der Waals surface area contributed by atoms with Crippen molar-refractivity contribution in [1.29, 1.82) is 0 Å². The molecule has 2 fully saturated rings. The van der Waals surface area contributed by atoms with Gasteiger partial charge in [0.2, 0.25) is 5.91 Å². The van der Waals surface area contributed by atoms with E-state index in [1.807, 2.05) is 0 Å². The molecule has 2 saturated carbocycles. The van der Waals surface area contributed by atoms with Crippen LogP contribution in [-0.4, -0.2) is 18.4 Å². The molecular formula is C8H11F2NO. The molecule has 1 amide bonds. The van der Waals surface area contributed by atoms with Crippen molar-refractivity contribution >= 4 is 5.91 Å². The Morgan fingerprint density at radius 2 is 2.17 bits per heavy atom. The molecule has 0 saturated heterocycles. The SMILES string of the molecule is CCNC(=O)C1C(F)(F)C12CC2. The van der Waals surface area contributed by atoms with Crippen molar-refractivity contribution in [2.45, 2.75) is 25.7 Å². The van der Waals surface area contributed by atoms with Crippen LogP contribution in [0, 0.1) is 11.3 Å². The van der Waals surface area contributed by atoms with E-state index < -0.39 is 23.2 Å². The zero-order valence-electron chi connectivity index (χ0n) is 6.86. The Balaban J connectivity index is 2.04. The van der Waals surface area contributed by atoms with Gasteiger partial charge >= 0.3 is 0 Å². The van der Waals surface area contributed by atoms with Gasteiger partial charge in [-0.3, -0.25) is 4.79 Å². The molecule has 2 aliphatic carbocycles. The van der Waals surface area contributed by atoms with Gasteiger partial charge in [0.15, 0.2) is 0 Å². The second-order valence-electron chi connectivity index (χ2n) is 3.61. The van der Waals surface area contributed by atoms with Crippen molar-refractivity contribution in [2.24, 2.45) is 11.3 Å². The highest BCUT2D eigenvalue weighted by molar-refractivity contribution is 5.85. The van der Waals surface area contributed by atoms with Gasteiger partial charge < -0.3 is 5.32 Å². The molecule has 0 aliphatic heterocycles. The first-order valence-corrected chi connectivity index (χ1v) is 4.22. The summed E-state index contributed by atoms with van der Waals surface area (Å²) in [6.07, 6.45) is 1.03. The van der Waals surface area contributed by atoms with E-state index >= 15 is 0 Å². The lowest BCUT2D eigenvalue weighted by Crippen LogP contribution is -2.26.